The van der Waals surface area contributed by atoms with Crippen molar-refractivity contribution in [3.05, 3.63) is 53.8 Å². The van der Waals surface area contributed by atoms with Crippen LogP contribution in [0.5, 0.6) is 0 Å². The van der Waals surface area contributed by atoms with E-state index >= 15 is 0 Å². The molecule has 0 aliphatic heterocycles. The lowest BCUT2D eigenvalue weighted by Gasteiger charge is -2.10. The molecule has 3 heterocycles. The number of thiophene rings is 1. The highest BCUT2D eigenvalue weighted by Crippen LogP contribution is 2.43. The Labute approximate surface area is 191 Å². The molecule has 0 saturated heterocycles. The number of amides is 1. The molecule has 32 heavy (non-hydrogen) atoms. The first-order valence-corrected chi connectivity index (χ1v) is 11.8. The van der Waals surface area contributed by atoms with Gasteiger partial charge in [0.05, 0.1) is 5.39 Å². The van der Waals surface area contributed by atoms with Crippen molar-refractivity contribution >= 4 is 39.1 Å². The Kier molecular flexibility index (Phi) is 5.61. The predicted molar refractivity (Wildman–Crippen MR) is 128 cm³/mol. The molecule has 1 amide bonds. The molecule has 3 aromatic heterocycles. The van der Waals surface area contributed by atoms with Crippen LogP contribution >= 0.6 is 11.3 Å². The molecule has 0 unspecified atom stereocenters. The molecule has 0 atom stereocenters. The van der Waals surface area contributed by atoms with Crippen LogP contribution in [0.15, 0.2) is 48.0 Å². The van der Waals surface area contributed by atoms with Gasteiger partial charge in [0.1, 0.15) is 16.5 Å². The van der Waals surface area contributed by atoms with Crippen LogP contribution in [0.25, 0.3) is 21.3 Å². The number of anilines is 2. The minimum atomic E-state index is 0.136. The number of benzene rings is 1. The third-order valence-corrected chi connectivity index (χ3v) is 6.51. The number of rotatable bonds is 8. The topological polar surface area (TPSA) is 75.9 Å². The smallest absolute Gasteiger partial charge is 0.222 e. The third kappa shape index (κ3) is 4.36. The van der Waals surface area contributed by atoms with Gasteiger partial charge in [0, 0.05) is 56.2 Å². The summed E-state index contributed by atoms with van der Waals surface area (Å²) >= 11 is 1.66. The van der Waals surface area contributed by atoms with Gasteiger partial charge in [0.15, 0.2) is 5.82 Å². The molecule has 1 aliphatic rings. The molecule has 4 aromatic rings. The van der Waals surface area contributed by atoms with Crippen molar-refractivity contribution in [3.63, 3.8) is 0 Å². The van der Waals surface area contributed by atoms with Crippen LogP contribution in [0.1, 0.15) is 37.4 Å². The standard InChI is InChI=1S/C24H26N6OS/c1-29(2)20(31)9-6-13-30-14-12-19(28-30)25-23-21-18(16-7-4-3-5-8-16)15-32-24(21)27-22(26-23)17-10-11-17/h3-5,7-8,12,14-15,17H,6,9-11,13H2,1-2H3,(H,25,26,27,28). The minimum Gasteiger partial charge on any atom is -0.349 e. The average molecular weight is 447 g/mol. The summed E-state index contributed by atoms with van der Waals surface area (Å²) in [7, 11) is 3.57. The van der Waals surface area contributed by atoms with Gasteiger partial charge in [-0.3, -0.25) is 9.48 Å². The van der Waals surface area contributed by atoms with Gasteiger partial charge in [-0.2, -0.15) is 5.10 Å². The molecule has 164 valence electrons. The number of carbonyl (C=O) groups excluding carboxylic acids is 1. The fourth-order valence-electron chi connectivity index (χ4n) is 3.69. The second kappa shape index (κ2) is 8.70. The first kappa shape index (κ1) is 20.6. The fourth-order valence-corrected chi connectivity index (χ4v) is 4.65. The lowest BCUT2D eigenvalue weighted by molar-refractivity contribution is -0.128. The summed E-state index contributed by atoms with van der Waals surface area (Å²) in [5.74, 6) is 3.08. The molecule has 7 nitrogen and oxygen atoms in total. The van der Waals surface area contributed by atoms with Crippen LogP contribution in [-0.4, -0.2) is 44.7 Å². The van der Waals surface area contributed by atoms with Crippen molar-refractivity contribution in [2.75, 3.05) is 19.4 Å². The maximum absolute atomic E-state index is 11.8. The number of nitrogens with one attached hydrogen (secondary N) is 1. The molecule has 0 radical (unpaired) electrons. The second-order valence-electron chi connectivity index (χ2n) is 8.38. The summed E-state index contributed by atoms with van der Waals surface area (Å²) in [4.78, 5) is 24.2. The normalized spacial score (nSPS) is 13.4. The molecule has 1 saturated carbocycles. The van der Waals surface area contributed by atoms with Crippen LogP contribution in [-0.2, 0) is 11.3 Å². The largest absolute Gasteiger partial charge is 0.349 e. The first-order chi connectivity index (χ1) is 15.6. The van der Waals surface area contributed by atoms with Crippen LogP contribution < -0.4 is 5.32 Å². The summed E-state index contributed by atoms with van der Waals surface area (Å²) in [6.45, 7) is 0.696. The lowest BCUT2D eigenvalue weighted by Crippen LogP contribution is -2.21. The summed E-state index contributed by atoms with van der Waals surface area (Å²) < 4.78 is 1.87. The van der Waals surface area contributed by atoms with Crippen molar-refractivity contribution in [3.8, 4) is 11.1 Å². The van der Waals surface area contributed by atoms with Gasteiger partial charge in [-0.25, -0.2) is 9.97 Å². The first-order valence-electron chi connectivity index (χ1n) is 10.9. The quantitative estimate of drug-likeness (QED) is 0.410. The van der Waals surface area contributed by atoms with E-state index in [1.54, 1.807) is 30.3 Å². The Balaban J connectivity index is 1.42. The highest BCUT2D eigenvalue weighted by molar-refractivity contribution is 7.17. The van der Waals surface area contributed by atoms with E-state index in [0.717, 1.165) is 58.1 Å². The number of fused-ring (bicyclic) bond motifs is 1. The van der Waals surface area contributed by atoms with Gasteiger partial charge in [-0.15, -0.1) is 11.3 Å². The molecule has 1 aromatic carbocycles. The van der Waals surface area contributed by atoms with E-state index in [-0.39, 0.29) is 5.91 Å². The Morgan fingerprint density at radius 3 is 2.75 bits per heavy atom. The lowest BCUT2D eigenvalue weighted by atomic mass is 10.1. The van der Waals surface area contributed by atoms with E-state index < -0.39 is 0 Å². The molecule has 0 bridgehead atoms. The summed E-state index contributed by atoms with van der Waals surface area (Å²) in [6.07, 6.45) is 5.52. The van der Waals surface area contributed by atoms with Gasteiger partial charge in [0.25, 0.3) is 0 Å². The number of aryl methyl sites for hydroxylation is 1. The van der Waals surface area contributed by atoms with Gasteiger partial charge >= 0.3 is 0 Å². The number of aromatic nitrogens is 4. The maximum atomic E-state index is 11.8. The van der Waals surface area contributed by atoms with E-state index in [1.165, 1.54) is 0 Å². The van der Waals surface area contributed by atoms with Crippen molar-refractivity contribution in [1.29, 1.82) is 0 Å². The Bertz CT molecular complexity index is 1240. The van der Waals surface area contributed by atoms with E-state index in [1.807, 2.05) is 35.1 Å². The minimum absolute atomic E-state index is 0.136. The second-order valence-corrected chi connectivity index (χ2v) is 9.24. The SMILES string of the molecule is CN(C)C(=O)CCCn1ccc(Nc2nc(C3CC3)nc3scc(-c4ccccc4)c23)n1. The van der Waals surface area contributed by atoms with E-state index in [9.17, 15) is 4.79 Å². The summed E-state index contributed by atoms with van der Waals surface area (Å²) in [6, 6.07) is 12.3. The third-order valence-electron chi connectivity index (χ3n) is 5.64. The Hall–Kier alpha value is -3.26. The van der Waals surface area contributed by atoms with Crippen molar-refractivity contribution < 1.29 is 4.79 Å². The zero-order chi connectivity index (χ0) is 22.1. The molecule has 1 N–H and O–H groups in total. The highest BCUT2D eigenvalue weighted by Gasteiger charge is 2.28. The van der Waals surface area contributed by atoms with Gasteiger partial charge in [-0.05, 0) is 24.8 Å². The molecular weight excluding hydrogens is 420 g/mol. The van der Waals surface area contributed by atoms with Crippen LogP contribution in [0.2, 0.25) is 0 Å². The van der Waals surface area contributed by atoms with Crippen molar-refractivity contribution in [2.24, 2.45) is 0 Å². The van der Waals surface area contributed by atoms with Crippen molar-refractivity contribution in [1.82, 2.24) is 24.6 Å². The van der Waals surface area contributed by atoms with E-state index in [2.05, 4.69) is 27.9 Å². The summed E-state index contributed by atoms with van der Waals surface area (Å²) in [5, 5.41) is 11.3. The molecule has 8 heteroatoms. The van der Waals surface area contributed by atoms with Gasteiger partial charge in [0.2, 0.25) is 5.91 Å². The van der Waals surface area contributed by atoms with E-state index in [0.29, 0.717) is 18.9 Å². The average Bonchev–Trinajstić information content (AvgIpc) is 3.41. The number of nitrogens with zero attached hydrogens (tertiary/aromatic N) is 5. The molecule has 5 rings (SSSR count). The highest BCUT2D eigenvalue weighted by atomic mass is 32.1. The van der Waals surface area contributed by atoms with Crippen LogP contribution in [0, 0.1) is 0 Å². The Morgan fingerprint density at radius 1 is 1.19 bits per heavy atom. The van der Waals surface area contributed by atoms with Crippen LogP contribution in [0.4, 0.5) is 11.6 Å². The summed E-state index contributed by atoms with van der Waals surface area (Å²) in [5.41, 5.74) is 2.29. The van der Waals surface area contributed by atoms with Crippen LogP contribution in [0.3, 0.4) is 0 Å². The molecule has 0 spiro atoms. The zero-order valence-corrected chi connectivity index (χ0v) is 19.1. The molecule has 1 aliphatic carbocycles. The maximum Gasteiger partial charge on any atom is 0.222 e. The fraction of sp³-hybridized carbons (Fsp3) is 0.333. The van der Waals surface area contributed by atoms with Gasteiger partial charge < -0.3 is 10.2 Å². The Morgan fingerprint density at radius 2 is 2.00 bits per heavy atom. The number of hydrogen-bond acceptors (Lipinski definition) is 6. The number of hydrogen-bond donors (Lipinski definition) is 1. The molecular formula is C24H26N6OS. The number of carbonyl (C=O) groups is 1. The van der Waals surface area contributed by atoms with E-state index in [4.69, 9.17) is 9.97 Å². The molecule has 1 fully saturated rings. The predicted octanol–water partition coefficient (Wildman–Crippen LogP) is 5.04. The van der Waals surface area contributed by atoms with Gasteiger partial charge in [-0.1, -0.05) is 30.3 Å². The van der Waals surface area contributed by atoms with Crippen molar-refractivity contribution in [2.45, 2.75) is 38.1 Å². The zero-order valence-electron chi connectivity index (χ0n) is 18.3. The monoisotopic (exact) mass is 446 g/mol.